The van der Waals surface area contributed by atoms with E-state index in [-0.39, 0.29) is 5.75 Å². The van der Waals surface area contributed by atoms with E-state index in [1.54, 1.807) is 11.8 Å². The maximum absolute atomic E-state index is 11.4. The van der Waals surface area contributed by atoms with Gasteiger partial charge >= 0.3 is 0 Å². The summed E-state index contributed by atoms with van der Waals surface area (Å²) in [4.78, 5) is 3.31. The summed E-state index contributed by atoms with van der Waals surface area (Å²) in [5.41, 5.74) is 10.7. The number of aromatic nitrogens is 1. The molecule has 41 heavy (non-hydrogen) atoms. The first-order valence-corrected chi connectivity index (χ1v) is 17.3. The molecule has 0 bridgehead atoms. The normalized spacial score (nSPS) is 20.0. The van der Waals surface area contributed by atoms with Gasteiger partial charge in [0, 0.05) is 47.0 Å². The van der Waals surface area contributed by atoms with Crippen molar-refractivity contribution in [3.05, 3.63) is 95.5 Å². The van der Waals surface area contributed by atoms with Gasteiger partial charge in [0.25, 0.3) is 10.1 Å². The summed E-state index contributed by atoms with van der Waals surface area (Å²) in [6.07, 6.45) is 6.89. The molecule has 1 aliphatic heterocycles. The minimum atomic E-state index is -4.02. The molecule has 9 heteroatoms. The van der Waals surface area contributed by atoms with Crippen molar-refractivity contribution in [2.45, 2.75) is 53.3 Å². The Hall–Kier alpha value is -2.82. The standard InChI is InChI=1S/C32H33N3O3S3/c33-24-15-17-26(18-16-24)39-32-22-23(27-11-4-5-12-28(27)35(32)25-9-2-1-3-10-25)21-31-34(19-8-20-41(36,37)38)29-13-6-7-14-30(29)40-31/h1-7,9-14,21-22,24,26H,8,15-20,33H2/p+1. The number of thioether (sulfide) groups is 2. The lowest BCUT2D eigenvalue weighted by atomic mass is 9.96. The third-order valence-electron chi connectivity index (χ3n) is 7.68. The van der Waals surface area contributed by atoms with Gasteiger partial charge in [0.15, 0.2) is 0 Å². The van der Waals surface area contributed by atoms with Crippen LogP contribution in [0.15, 0.2) is 99.9 Å². The lowest BCUT2D eigenvalue weighted by molar-refractivity contribution is -0.608. The summed E-state index contributed by atoms with van der Waals surface area (Å²) < 4.78 is 34.6. The fraction of sp³-hybridized carbons (Fsp3) is 0.281. The van der Waals surface area contributed by atoms with Crippen LogP contribution in [0.25, 0.3) is 22.7 Å². The maximum Gasteiger partial charge on any atom is 0.264 e. The van der Waals surface area contributed by atoms with Crippen molar-refractivity contribution in [3.63, 3.8) is 0 Å². The number of pyridine rings is 1. The predicted molar refractivity (Wildman–Crippen MR) is 170 cm³/mol. The zero-order valence-electron chi connectivity index (χ0n) is 22.7. The molecule has 0 unspecified atom stereocenters. The molecule has 212 valence electrons. The Labute approximate surface area is 250 Å². The molecule has 0 saturated heterocycles. The molecule has 3 N–H and O–H groups in total. The zero-order chi connectivity index (χ0) is 28.4. The molecule has 4 aromatic rings. The van der Waals surface area contributed by atoms with Crippen molar-refractivity contribution in [1.29, 1.82) is 0 Å². The van der Waals surface area contributed by atoms with Crippen molar-refractivity contribution in [1.82, 2.24) is 0 Å². The molecule has 1 aliphatic carbocycles. The van der Waals surface area contributed by atoms with Crippen molar-refractivity contribution < 1.29 is 17.5 Å². The molecule has 0 amide bonds. The summed E-state index contributed by atoms with van der Waals surface area (Å²) in [6.45, 7) is 0.494. The average Bonchev–Trinajstić information content (AvgIpc) is 3.31. The summed E-state index contributed by atoms with van der Waals surface area (Å²) in [5.74, 6) is -0.263. The number of rotatable bonds is 8. The predicted octanol–water partition coefficient (Wildman–Crippen LogP) is 6.67. The topological polar surface area (TPSA) is 87.5 Å². The molecule has 0 radical (unpaired) electrons. The highest BCUT2D eigenvalue weighted by Gasteiger charge is 2.29. The summed E-state index contributed by atoms with van der Waals surface area (Å²) in [7, 11) is -4.02. The minimum Gasteiger partial charge on any atom is -0.335 e. The molecule has 2 heterocycles. The first-order chi connectivity index (χ1) is 19.9. The van der Waals surface area contributed by atoms with Crippen LogP contribution in [-0.2, 0) is 10.1 Å². The number of anilines is 1. The van der Waals surface area contributed by atoms with E-state index in [9.17, 15) is 13.0 Å². The second kappa shape index (κ2) is 12.2. The van der Waals surface area contributed by atoms with Gasteiger partial charge in [0.2, 0.25) is 16.2 Å². The molecule has 3 aromatic carbocycles. The van der Waals surface area contributed by atoms with E-state index in [1.165, 1.54) is 5.03 Å². The molecule has 1 saturated carbocycles. The van der Waals surface area contributed by atoms with Crippen molar-refractivity contribution in [2.75, 3.05) is 17.2 Å². The van der Waals surface area contributed by atoms with Crippen molar-refractivity contribution in [3.8, 4) is 5.69 Å². The first-order valence-electron chi connectivity index (χ1n) is 14.0. The van der Waals surface area contributed by atoms with Crippen LogP contribution in [0, 0.1) is 0 Å². The summed E-state index contributed by atoms with van der Waals surface area (Å²) in [6, 6.07) is 29.9. The van der Waals surface area contributed by atoms with E-state index in [1.807, 2.05) is 30.0 Å². The number of para-hydroxylation sites is 3. The number of nitrogens with two attached hydrogens (primary N) is 1. The molecule has 0 atom stereocenters. The Morgan fingerprint density at radius 2 is 1.68 bits per heavy atom. The number of hydrogen-bond donors (Lipinski definition) is 2. The van der Waals surface area contributed by atoms with Crippen molar-refractivity contribution in [2.24, 2.45) is 5.73 Å². The smallest absolute Gasteiger partial charge is 0.264 e. The third kappa shape index (κ3) is 6.49. The lowest BCUT2D eigenvalue weighted by Crippen LogP contribution is -2.36. The van der Waals surface area contributed by atoms with E-state index < -0.39 is 10.1 Å². The monoisotopic (exact) mass is 604 g/mol. The van der Waals surface area contributed by atoms with Gasteiger partial charge < -0.3 is 10.6 Å². The van der Waals surface area contributed by atoms with E-state index >= 15 is 0 Å². The third-order valence-corrected chi connectivity index (χ3v) is 10.9. The van der Waals surface area contributed by atoms with Crippen LogP contribution >= 0.6 is 23.5 Å². The van der Waals surface area contributed by atoms with Gasteiger partial charge in [-0.25, -0.2) is 0 Å². The number of hydrogen-bond acceptors (Lipinski definition) is 6. The Bertz CT molecular complexity index is 1680. The van der Waals surface area contributed by atoms with Gasteiger partial charge in [-0.05, 0) is 61.9 Å². The highest BCUT2D eigenvalue weighted by molar-refractivity contribution is 8.04. The Kier molecular flexibility index (Phi) is 8.42. The Balaban J connectivity index is 1.46. The van der Waals surface area contributed by atoms with Crippen LogP contribution in [-0.4, -0.2) is 36.6 Å². The second-order valence-corrected chi connectivity index (χ2v) is 14.6. The van der Waals surface area contributed by atoms with E-state index in [0.29, 0.717) is 24.3 Å². The molecule has 2 aliphatic rings. The van der Waals surface area contributed by atoms with Crippen LogP contribution in [0.3, 0.4) is 0 Å². The fourth-order valence-corrected chi connectivity index (χ4v) is 8.65. The van der Waals surface area contributed by atoms with Crippen LogP contribution < -0.4 is 15.2 Å². The van der Waals surface area contributed by atoms with Gasteiger partial charge in [-0.1, -0.05) is 66.0 Å². The van der Waals surface area contributed by atoms with Crippen molar-refractivity contribution >= 4 is 56.3 Å². The molecular formula is C32H34N3O3S3+. The summed E-state index contributed by atoms with van der Waals surface area (Å²) in [5, 5.41) is 3.89. The molecule has 6 rings (SSSR count). The Morgan fingerprint density at radius 3 is 2.46 bits per heavy atom. The average molecular weight is 605 g/mol. The van der Waals surface area contributed by atoms with E-state index in [2.05, 4.69) is 82.3 Å². The van der Waals surface area contributed by atoms with Gasteiger partial charge in [-0.15, -0.1) is 4.57 Å². The quantitative estimate of drug-likeness (QED) is 0.172. The van der Waals surface area contributed by atoms with E-state index in [4.69, 9.17) is 5.73 Å². The molecule has 6 nitrogen and oxygen atoms in total. The summed E-state index contributed by atoms with van der Waals surface area (Å²) >= 11 is 3.64. The van der Waals surface area contributed by atoms with E-state index in [0.717, 1.165) is 63.4 Å². The van der Waals surface area contributed by atoms with Crippen LogP contribution in [0.1, 0.15) is 37.7 Å². The largest absolute Gasteiger partial charge is 0.335 e. The molecule has 1 aromatic heterocycles. The number of nitrogens with zero attached hydrogens (tertiary/aromatic N) is 2. The van der Waals surface area contributed by atoms with Crippen LogP contribution in [0.5, 0.6) is 0 Å². The molecule has 0 spiro atoms. The van der Waals surface area contributed by atoms with Gasteiger partial charge in [0.1, 0.15) is 0 Å². The Morgan fingerprint density at radius 1 is 0.976 bits per heavy atom. The fourth-order valence-electron chi connectivity index (χ4n) is 5.66. The first kappa shape index (κ1) is 28.3. The maximum atomic E-state index is 11.4. The number of benzene rings is 3. The highest BCUT2D eigenvalue weighted by Crippen LogP contribution is 2.47. The van der Waals surface area contributed by atoms with Crippen LogP contribution in [0.2, 0.25) is 0 Å². The van der Waals surface area contributed by atoms with Gasteiger partial charge in [0.05, 0.1) is 21.9 Å². The lowest BCUT2D eigenvalue weighted by Gasteiger charge is -2.25. The highest BCUT2D eigenvalue weighted by atomic mass is 32.2. The number of fused-ring (bicyclic) bond motifs is 2. The minimum absolute atomic E-state index is 0.263. The molecule has 1 fully saturated rings. The van der Waals surface area contributed by atoms with Gasteiger partial charge in [-0.2, -0.15) is 8.42 Å². The second-order valence-electron chi connectivity index (χ2n) is 10.6. The molecular weight excluding hydrogens is 571 g/mol. The van der Waals surface area contributed by atoms with Gasteiger partial charge in [-0.3, -0.25) is 4.55 Å². The van der Waals surface area contributed by atoms with Crippen LogP contribution in [0.4, 0.5) is 5.69 Å². The SMILES string of the molecule is NC1CCC(Sc2cc(/C=C3/Sc4ccccc4N3CCCS(=O)(=O)O)c3ccccc3[n+]2-c2ccccc2)CC1. The zero-order valence-corrected chi connectivity index (χ0v) is 25.2.